The number of benzene rings is 1. The average molecular weight is 231 g/mol. The van der Waals surface area contributed by atoms with Crippen LogP contribution in [0.1, 0.15) is 0 Å². The van der Waals surface area contributed by atoms with Gasteiger partial charge in [0.1, 0.15) is 0 Å². The van der Waals surface area contributed by atoms with Gasteiger partial charge < -0.3 is 4.67 Å². The van der Waals surface area contributed by atoms with E-state index in [-0.39, 0.29) is 0 Å². The molecular weight excluding hydrogens is 221 g/mol. The van der Waals surface area contributed by atoms with Crippen molar-refractivity contribution in [3.8, 4) is 0 Å². The van der Waals surface area contributed by atoms with Crippen molar-refractivity contribution in [1.29, 1.82) is 0 Å². The van der Waals surface area contributed by atoms with Gasteiger partial charge in [-0.05, 0) is 29.8 Å². The second kappa shape index (κ2) is 3.26. The molecule has 0 spiro atoms. The third kappa shape index (κ3) is 1.41. The van der Waals surface area contributed by atoms with Crippen LogP contribution in [0.15, 0.2) is 29.2 Å². The maximum atomic E-state index is 12.2. The molecule has 1 aliphatic rings. The normalized spacial score (nSPS) is 26.2. The van der Waals surface area contributed by atoms with Crippen LogP contribution in [-0.4, -0.2) is 13.3 Å². The first kappa shape index (κ1) is 9.50. The lowest BCUT2D eigenvalue weighted by molar-refractivity contribution is 0.593. The van der Waals surface area contributed by atoms with Crippen molar-refractivity contribution in [3.63, 3.8) is 0 Å². The van der Waals surface area contributed by atoms with E-state index in [0.717, 1.165) is 10.6 Å². The second-order valence-electron chi connectivity index (χ2n) is 2.73. The number of nitrogens with zero attached hydrogens (tertiary/aromatic N) is 1. The molecule has 1 heterocycles. The van der Waals surface area contributed by atoms with E-state index in [2.05, 4.69) is 0 Å². The van der Waals surface area contributed by atoms with Crippen LogP contribution >= 0.6 is 28.5 Å². The highest BCUT2D eigenvalue weighted by atomic mass is 33.1. The maximum absolute atomic E-state index is 12.2. The van der Waals surface area contributed by atoms with Crippen molar-refractivity contribution < 1.29 is 4.57 Å². The van der Waals surface area contributed by atoms with E-state index in [9.17, 15) is 4.57 Å². The number of para-hydroxylation sites is 1. The fourth-order valence-electron chi connectivity index (χ4n) is 1.28. The lowest BCUT2D eigenvalue weighted by Crippen LogP contribution is -2.04. The molecule has 0 fully saturated rings. The minimum absolute atomic E-state index is 1.09. The monoisotopic (exact) mass is 231 g/mol. The van der Waals surface area contributed by atoms with Gasteiger partial charge in [0.05, 0.1) is 5.69 Å². The Hall–Kier alpha value is -0.0500. The first-order valence-corrected chi connectivity index (χ1v) is 8.77. The molecule has 0 N–H and O–H groups in total. The minimum atomic E-state index is -2.26. The van der Waals surface area contributed by atoms with Gasteiger partial charge in [-0.25, -0.2) is 0 Å². The van der Waals surface area contributed by atoms with Crippen molar-refractivity contribution in [2.45, 2.75) is 4.90 Å². The largest absolute Gasteiger partial charge is 0.309 e. The summed E-state index contributed by atoms with van der Waals surface area (Å²) in [5, 5.41) is 0. The number of hydrogen-bond donors (Lipinski definition) is 0. The van der Waals surface area contributed by atoms with Gasteiger partial charge in [-0.1, -0.05) is 23.5 Å². The van der Waals surface area contributed by atoms with Crippen molar-refractivity contribution in [3.05, 3.63) is 24.3 Å². The number of anilines is 1. The predicted molar refractivity (Wildman–Crippen MR) is 61.8 cm³/mol. The highest BCUT2D eigenvalue weighted by Gasteiger charge is 2.36. The molecule has 0 saturated heterocycles. The van der Waals surface area contributed by atoms with E-state index < -0.39 is 5.70 Å². The summed E-state index contributed by atoms with van der Waals surface area (Å²) in [6.07, 6.45) is 1.90. The van der Waals surface area contributed by atoms with Crippen molar-refractivity contribution in [2.75, 3.05) is 18.0 Å². The lowest BCUT2D eigenvalue weighted by atomic mass is 10.3. The Bertz CT molecular complexity index is 382. The molecule has 13 heavy (non-hydrogen) atoms. The standard InChI is InChI=1S/C8H10NOPS2/c1-9-7-5-3-4-6-8(7)13-11(9,10)12-2/h3-6H,1-2H3. The molecule has 1 aromatic rings. The molecule has 2 nitrogen and oxygen atoms in total. The molecular formula is C8H10NOPS2. The van der Waals surface area contributed by atoms with Crippen molar-refractivity contribution >= 4 is 34.1 Å². The van der Waals surface area contributed by atoms with Crippen LogP contribution in [0.5, 0.6) is 0 Å². The van der Waals surface area contributed by atoms with E-state index in [1.165, 1.54) is 22.8 Å². The van der Waals surface area contributed by atoms with Gasteiger partial charge in [0.15, 0.2) is 0 Å². The SMILES string of the molecule is CSP1(=O)Sc2ccccc2N1C. The second-order valence-corrected chi connectivity index (χ2v) is 10.6. The Morgan fingerprint density at radius 2 is 2.15 bits per heavy atom. The summed E-state index contributed by atoms with van der Waals surface area (Å²) in [5.41, 5.74) is -1.17. The molecule has 0 bridgehead atoms. The van der Waals surface area contributed by atoms with Gasteiger partial charge in [0.25, 0.3) is 5.70 Å². The highest BCUT2D eigenvalue weighted by molar-refractivity contribution is 8.91. The van der Waals surface area contributed by atoms with E-state index in [1.807, 2.05) is 42.2 Å². The Morgan fingerprint density at radius 1 is 1.46 bits per heavy atom. The van der Waals surface area contributed by atoms with Gasteiger partial charge in [-0.2, -0.15) is 0 Å². The van der Waals surface area contributed by atoms with Crippen molar-refractivity contribution in [2.24, 2.45) is 0 Å². The van der Waals surface area contributed by atoms with Gasteiger partial charge in [0.2, 0.25) is 0 Å². The summed E-state index contributed by atoms with van der Waals surface area (Å²) in [4.78, 5) is 1.13. The smallest absolute Gasteiger partial charge is 0.284 e. The first-order valence-electron chi connectivity index (χ1n) is 3.86. The van der Waals surface area contributed by atoms with Crippen LogP contribution < -0.4 is 4.67 Å². The zero-order chi connectivity index (χ0) is 9.47. The van der Waals surface area contributed by atoms with Gasteiger partial charge >= 0.3 is 0 Å². The number of rotatable bonds is 1. The average Bonchev–Trinajstić information content (AvgIpc) is 2.41. The Morgan fingerprint density at radius 3 is 2.77 bits per heavy atom. The summed E-state index contributed by atoms with van der Waals surface area (Å²) >= 11 is 2.93. The minimum Gasteiger partial charge on any atom is -0.309 e. The number of hydrogen-bond acceptors (Lipinski definition) is 3. The molecule has 0 radical (unpaired) electrons. The number of fused-ring (bicyclic) bond motifs is 1. The Labute approximate surface area is 86.0 Å². The quantitative estimate of drug-likeness (QED) is 0.686. The molecule has 5 heteroatoms. The molecule has 1 unspecified atom stereocenters. The summed E-state index contributed by atoms with van der Waals surface area (Å²) in [7, 11) is 1.90. The molecule has 0 aliphatic carbocycles. The zero-order valence-electron chi connectivity index (χ0n) is 7.43. The molecule has 1 atom stereocenters. The van der Waals surface area contributed by atoms with Gasteiger partial charge in [-0.3, -0.25) is 4.57 Å². The molecule has 70 valence electrons. The maximum Gasteiger partial charge on any atom is 0.284 e. The highest BCUT2D eigenvalue weighted by Crippen LogP contribution is 2.78. The van der Waals surface area contributed by atoms with Crippen LogP contribution in [0, 0.1) is 0 Å². The third-order valence-corrected chi connectivity index (χ3v) is 10.4. The predicted octanol–water partition coefficient (Wildman–Crippen LogP) is 3.70. The van der Waals surface area contributed by atoms with Crippen LogP contribution in [0.4, 0.5) is 5.69 Å². The summed E-state index contributed by atoms with van der Waals surface area (Å²) in [6.45, 7) is 0. The van der Waals surface area contributed by atoms with Crippen LogP contribution in [0.25, 0.3) is 0 Å². The molecule has 1 aliphatic heterocycles. The van der Waals surface area contributed by atoms with Crippen LogP contribution in [0.2, 0.25) is 0 Å². The van der Waals surface area contributed by atoms with Crippen LogP contribution in [-0.2, 0) is 4.57 Å². The molecule has 0 aromatic heterocycles. The van der Waals surface area contributed by atoms with E-state index in [4.69, 9.17) is 0 Å². The molecule has 2 rings (SSSR count). The van der Waals surface area contributed by atoms with Gasteiger partial charge in [-0.15, -0.1) is 0 Å². The Balaban J connectivity index is 2.49. The summed E-state index contributed by atoms with van der Waals surface area (Å²) in [5.74, 6) is 0. The fraction of sp³-hybridized carbons (Fsp3) is 0.250. The lowest BCUT2D eigenvalue weighted by Gasteiger charge is -2.18. The Kier molecular flexibility index (Phi) is 2.39. The first-order chi connectivity index (χ1) is 6.17. The van der Waals surface area contributed by atoms with E-state index >= 15 is 0 Å². The zero-order valence-corrected chi connectivity index (χ0v) is 9.96. The molecule has 0 amide bonds. The topological polar surface area (TPSA) is 20.3 Å². The van der Waals surface area contributed by atoms with E-state index in [1.54, 1.807) is 0 Å². The fourth-order valence-corrected chi connectivity index (χ4v) is 7.37. The van der Waals surface area contributed by atoms with Gasteiger partial charge in [0, 0.05) is 11.9 Å². The van der Waals surface area contributed by atoms with E-state index in [0.29, 0.717) is 0 Å². The molecule has 1 aromatic carbocycles. The summed E-state index contributed by atoms with van der Waals surface area (Å²) < 4.78 is 14.1. The summed E-state index contributed by atoms with van der Waals surface area (Å²) in [6, 6.07) is 7.99. The third-order valence-electron chi connectivity index (χ3n) is 2.03. The molecule has 0 saturated carbocycles. The van der Waals surface area contributed by atoms with Crippen molar-refractivity contribution in [1.82, 2.24) is 0 Å². The van der Waals surface area contributed by atoms with Crippen LogP contribution in [0.3, 0.4) is 0 Å².